The number of carbonyl (C=O) groups excluding carboxylic acids is 1. The molecule has 0 spiro atoms. The van der Waals surface area contributed by atoms with Crippen LogP contribution in [0.4, 0.5) is 4.39 Å². The van der Waals surface area contributed by atoms with E-state index >= 15 is 0 Å². The van der Waals surface area contributed by atoms with E-state index in [0.717, 1.165) is 31.2 Å². The van der Waals surface area contributed by atoms with Crippen molar-refractivity contribution in [2.75, 3.05) is 0 Å². The zero-order chi connectivity index (χ0) is 14.1. The van der Waals surface area contributed by atoms with Crippen LogP contribution in [0.25, 0.3) is 0 Å². The molecule has 20 heavy (non-hydrogen) atoms. The molecule has 1 unspecified atom stereocenters. The van der Waals surface area contributed by atoms with Crippen LogP contribution in [0.3, 0.4) is 0 Å². The second-order valence-corrected chi connectivity index (χ2v) is 6.09. The third-order valence-corrected chi connectivity index (χ3v) is 4.26. The predicted molar refractivity (Wildman–Crippen MR) is 75.9 cm³/mol. The van der Waals surface area contributed by atoms with E-state index in [9.17, 15) is 9.18 Å². The Morgan fingerprint density at radius 1 is 1.30 bits per heavy atom. The summed E-state index contributed by atoms with van der Waals surface area (Å²) >= 11 is 0. The molecule has 1 atom stereocenters. The molecule has 0 bridgehead atoms. The molecular weight excluding hydrogens is 255 g/mol. The molecule has 0 saturated heterocycles. The summed E-state index contributed by atoms with van der Waals surface area (Å²) in [6.07, 6.45) is 4.18. The first-order chi connectivity index (χ1) is 9.61. The summed E-state index contributed by atoms with van der Waals surface area (Å²) in [7, 11) is 0. The van der Waals surface area contributed by atoms with Crippen LogP contribution in [-0.4, -0.2) is 24.0 Å². The fourth-order valence-corrected chi connectivity index (χ4v) is 2.77. The van der Waals surface area contributed by atoms with Crippen LogP contribution in [-0.2, 0) is 4.79 Å². The largest absolute Gasteiger partial charge is 0.352 e. The highest BCUT2D eigenvalue weighted by atomic mass is 19.1. The van der Waals surface area contributed by atoms with Crippen molar-refractivity contribution in [2.24, 2.45) is 0 Å². The molecule has 2 N–H and O–H groups in total. The summed E-state index contributed by atoms with van der Waals surface area (Å²) in [5.41, 5.74) is 1.07. The third-order valence-electron chi connectivity index (χ3n) is 4.26. The van der Waals surface area contributed by atoms with E-state index in [1.807, 2.05) is 13.0 Å². The lowest BCUT2D eigenvalue weighted by molar-refractivity contribution is -0.123. The average Bonchev–Trinajstić information content (AvgIpc) is 3.16. The Morgan fingerprint density at radius 3 is 2.70 bits per heavy atom. The van der Waals surface area contributed by atoms with Crippen molar-refractivity contribution in [2.45, 2.75) is 56.7 Å². The maximum atomic E-state index is 13.2. The molecule has 3 rings (SSSR count). The second kappa shape index (κ2) is 5.52. The number of benzene rings is 1. The van der Waals surface area contributed by atoms with Gasteiger partial charge in [0.25, 0.3) is 0 Å². The van der Waals surface area contributed by atoms with Gasteiger partial charge in [0.15, 0.2) is 0 Å². The molecule has 2 aliphatic rings. The Kier molecular flexibility index (Phi) is 3.74. The van der Waals surface area contributed by atoms with E-state index in [1.165, 1.54) is 6.07 Å². The number of amides is 1. The van der Waals surface area contributed by atoms with E-state index in [4.69, 9.17) is 0 Å². The predicted octanol–water partition coefficient (Wildman–Crippen LogP) is 2.33. The monoisotopic (exact) mass is 276 g/mol. The van der Waals surface area contributed by atoms with E-state index in [1.54, 1.807) is 12.1 Å². The highest BCUT2D eigenvalue weighted by Crippen LogP contribution is 2.37. The van der Waals surface area contributed by atoms with Crippen LogP contribution in [0.5, 0.6) is 0 Å². The minimum Gasteiger partial charge on any atom is -0.352 e. The molecule has 0 aliphatic heterocycles. The Bertz CT molecular complexity index is 495. The summed E-state index contributed by atoms with van der Waals surface area (Å²) in [4.78, 5) is 11.8. The first-order valence-corrected chi connectivity index (χ1v) is 7.43. The number of hydrogen-bond acceptors (Lipinski definition) is 2. The number of rotatable bonds is 5. The Balaban J connectivity index is 1.44. The summed E-state index contributed by atoms with van der Waals surface area (Å²) in [6, 6.07) is 7.46. The van der Waals surface area contributed by atoms with Crippen LogP contribution >= 0.6 is 0 Å². The molecule has 2 aliphatic carbocycles. The van der Waals surface area contributed by atoms with Gasteiger partial charge in [0.05, 0.1) is 6.04 Å². The van der Waals surface area contributed by atoms with Gasteiger partial charge in [-0.2, -0.15) is 0 Å². The third kappa shape index (κ3) is 3.18. The van der Waals surface area contributed by atoms with Gasteiger partial charge in [-0.1, -0.05) is 12.1 Å². The van der Waals surface area contributed by atoms with Gasteiger partial charge in [0.2, 0.25) is 5.91 Å². The summed E-state index contributed by atoms with van der Waals surface area (Å²) < 4.78 is 13.2. The standard InChI is InChI=1S/C16H21FN2O/c1-10(16(20)19-14-5-6-14)18-15-8-12(9-15)11-3-2-4-13(17)7-11/h2-4,7,10,12,14-15,18H,5-6,8-9H2,1H3,(H,19,20). The smallest absolute Gasteiger partial charge is 0.237 e. The SMILES string of the molecule is CC(NC1CC(c2cccc(F)c2)C1)C(=O)NC1CC1. The Labute approximate surface area is 118 Å². The topological polar surface area (TPSA) is 41.1 Å². The van der Waals surface area contributed by atoms with E-state index in [-0.39, 0.29) is 17.8 Å². The minimum atomic E-state index is -0.170. The molecule has 4 heteroatoms. The van der Waals surface area contributed by atoms with Crippen molar-refractivity contribution in [1.82, 2.24) is 10.6 Å². The fourth-order valence-electron chi connectivity index (χ4n) is 2.77. The van der Waals surface area contributed by atoms with Crippen molar-refractivity contribution < 1.29 is 9.18 Å². The fraction of sp³-hybridized carbons (Fsp3) is 0.562. The highest BCUT2D eigenvalue weighted by Gasteiger charge is 2.33. The first-order valence-electron chi connectivity index (χ1n) is 7.43. The summed E-state index contributed by atoms with van der Waals surface area (Å²) in [5.74, 6) is 0.347. The van der Waals surface area contributed by atoms with Crippen molar-refractivity contribution in [1.29, 1.82) is 0 Å². The van der Waals surface area contributed by atoms with Crippen molar-refractivity contribution in [3.63, 3.8) is 0 Å². The van der Waals surface area contributed by atoms with Crippen LogP contribution in [0.15, 0.2) is 24.3 Å². The molecule has 0 heterocycles. The molecule has 3 nitrogen and oxygen atoms in total. The van der Waals surface area contributed by atoms with Crippen LogP contribution < -0.4 is 10.6 Å². The molecule has 0 aromatic heterocycles. The molecule has 0 radical (unpaired) electrons. The normalized spacial score (nSPS) is 26.7. The Hall–Kier alpha value is -1.42. The quantitative estimate of drug-likeness (QED) is 0.866. The maximum absolute atomic E-state index is 13.2. The number of carbonyl (C=O) groups is 1. The highest BCUT2D eigenvalue weighted by molar-refractivity contribution is 5.81. The van der Waals surface area contributed by atoms with E-state index < -0.39 is 0 Å². The molecule has 108 valence electrons. The van der Waals surface area contributed by atoms with Crippen LogP contribution in [0.2, 0.25) is 0 Å². The average molecular weight is 276 g/mol. The van der Waals surface area contributed by atoms with Gasteiger partial charge in [-0.3, -0.25) is 4.79 Å². The summed E-state index contributed by atoms with van der Waals surface area (Å²) in [5, 5.41) is 6.36. The van der Waals surface area contributed by atoms with Gasteiger partial charge in [-0.25, -0.2) is 4.39 Å². The minimum absolute atomic E-state index is 0.0988. The molecule has 2 fully saturated rings. The maximum Gasteiger partial charge on any atom is 0.237 e. The van der Waals surface area contributed by atoms with Gasteiger partial charge in [0.1, 0.15) is 5.82 Å². The van der Waals surface area contributed by atoms with Gasteiger partial charge in [0, 0.05) is 12.1 Å². The lowest BCUT2D eigenvalue weighted by Crippen LogP contribution is -2.51. The lowest BCUT2D eigenvalue weighted by atomic mass is 9.75. The van der Waals surface area contributed by atoms with Crippen LogP contribution in [0.1, 0.15) is 44.1 Å². The molecule has 1 amide bonds. The van der Waals surface area contributed by atoms with Gasteiger partial charge >= 0.3 is 0 Å². The second-order valence-electron chi connectivity index (χ2n) is 6.09. The number of halogens is 1. The van der Waals surface area contributed by atoms with Crippen molar-refractivity contribution in [3.05, 3.63) is 35.6 Å². The van der Waals surface area contributed by atoms with Gasteiger partial charge < -0.3 is 10.6 Å². The lowest BCUT2D eigenvalue weighted by Gasteiger charge is -2.37. The molecule has 1 aromatic carbocycles. The van der Waals surface area contributed by atoms with Gasteiger partial charge in [-0.05, 0) is 56.2 Å². The van der Waals surface area contributed by atoms with E-state index in [2.05, 4.69) is 10.6 Å². The number of hydrogen-bond donors (Lipinski definition) is 2. The van der Waals surface area contributed by atoms with Gasteiger partial charge in [-0.15, -0.1) is 0 Å². The van der Waals surface area contributed by atoms with E-state index in [0.29, 0.717) is 18.0 Å². The molecular formula is C16H21FN2O. The molecule has 1 aromatic rings. The molecule has 2 saturated carbocycles. The zero-order valence-corrected chi connectivity index (χ0v) is 11.7. The van der Waals surface area contributed by atoms with Crippen molar-refractivity contribution >= 4 is 5.91 Å². The summed E-state index contributed by atoms with van der Waals surface area (Å²) in [6.45, 7) is 1.91. The van der Waals surface area contributed by atoms with Crippen molar-refractivity contribution in [3.8, 4) is 0 Å². The zero-order valence-electron chi connectivity index (χ0n) is 11.7. The van der Waals surface area contributed by atoms with Crippen LogP contribution in [0, 0.1) is 5.82 Å². The first kappa shape index (κ1) is 13.6. The number of nitrogens with one attached hydrogen (secondary N) is 2. The Morgan fingerprint density at radius 2 is 2.05 bits per heavy atom.